The van der Waals surface area contributed by atoms with Crippen LogP contribution in [0.4, 0.5) is 17.1 Å². The maximum atomic E-state index is 5.27. The fourth-order valence-electron chi connectivity index (χ4n) is 8.88. The summed E-state index contributed by atoms with van der Waals surface area (Å²) in [7, 11) is 0. The van der Waals surface area contributed by atoms with Crippen LogP contribution < -0.4 is 4.90 Å². The summed E-state index contributed by atoms with van der Waals surface area (Å²) >= 11 is 0. The van der Waals surface area contributed by atoms with Gasteiger partial charge < -0.3 is 4.90 Å². The molecule has 57 heavy (non-hydrogen) atoms. The smallest absolute Gasteiger partial charge is 0.238 e. The molecule has 10 aromatic rings. The van der Waals surface area contributed by atoms with Crippen LogP contribution in [0, 0.1) is 0 Å². The predicted molar refractivity (Wildman–Crippen MR) is 232 cm³/mol. The van der Waals surface area contributed by atoms with Crippen molar-refractivity contribution in [1.29, 1.82) is 0 Å². The first-order chi connectivity index (χ1) is 28.3. The topological polar surface area (TPSA) is 46.8 Å². The molecule has 0 radical (unpaired) electrons. The Kier molecular flexibility index (Phi) is 7.64. The fourth-order valence-corrected chi connectivity index (χ4v) is 8.88. The summed E-state index contributed by atoms with van der Waals surface area (Å²) in [5, 5.41) is 2.23. The van der Waals surface area contributed by atoms with E-state index in [0.717, 1.165) is 50.0 Å². The molecule has 0 N–H and O–H groups in total. The van der Waals surface area contributed by atoms with Crippen molar-refractivity contribution in [1.82, 2.24) is 19.5 Å². The molecule has 0 saturated heterocycles. The lowest BCUT2D eigenvalue weighted by atomic mass is 9.62. The van der Waals surface area contributed by atoms with Crippen molar-refractivity contribution in [3.8, 4) is 28.7 Å². The summed E-state index contributed by atoms with van der Waals surface area (Å²) in [4.78, 5) is 18.0. The van der Waals surface area contributed by atoms with E-state index < -0.39 is 5.41 Å². The van der Waals surface area contributed by atoms with Crippen molar-refractivity contribution >= 4 is 38.9 Å². The SMILES string of the molecule is c1ccc(-c2nc(-c3ccccc3)nc(-n3c4ccccc4c4cc5c(cc43)C(c3ccccc3)(c3ccccc3)c3ccccc3N5c3ccccc3)n2)cc1. The Morgan fingerprint density at radius 1 is 0.368 bits per heavy atom. The normalized spacial score (nSPS) is 13.0. The lowest BCUT2D eigenvalue weighted by molar-refractivity contribution is 0.732. The average molecular weight is 730 g/mol. The lowest BCUT2D eigenvalue weighted by Crippen LogP contribution is -2.37. The molecule has 0 saturated carbocycles. The van der Waals surface area contributed by atoms with Crippen molar-refractivity contribution in [3.63, 3.8) is 0 Å². The number of benzene rings is 8. The Labute approximate surface area is 330 Å². The first kappa shape index (κ1) is 32.8. The van der Waals surface area contributed by atoms with Crippen molar-refractivity contribution in [2.24, 2.45) is 0 Å². The number of fused-ring (bicyclic) bond motifs is 5. The summed E-state index contributed by atoms with van der Waals surface area (Å²) < 4.78 is 2.24. The van der Waals surface area contributed by atoms with E-state index in [-0.39, 0.29) is 0 Å². The van der Waals surface area contributed by atoms with Gasteiger partial charge in [0.25, 0.3) is 0 Å². The molecule has 3 heterocycles. The summed E-state index contributed by atoms with van der Waals surface area (Å²) in [6.45, 7) is 0. The van der Waals surface area contributed by atoms with Gasteiger partial charge in [0.1, 0.15) is 0 Å². The van der Waals surface area contributed by atoms with Crippen LogP contribution in [0.3, 0.4) is 0 Å². The standard InChI is InChI=1S/C52H35N5/c1-6-20-36(21-7-1)49-53-50(37-22-8-2-9-23-37)55-51(54-49)57-45-32-18-16-30-41(45)42-34-48-44(35-47(42)57)52(38-24-10-3-11-25-38,39-26-12-4-13-27-39)43-31-17-19-33-46(43)56(48)40-28-14-5-15-29-40/h1-35H. The number of nitrogens with zero attached hydrogens (tertiary/aromatic N) is 5. The second kappa shape index (κ2) is 13.3. The molecule has 0 unspecified atom stereocenters. The summed E-state index contributed by atoms with van der Waals surface area (Å²) in [5.41, 5.74) is 11.3. The first-order valence-corrected chi connectivity index (χ1v) is 19.3. The number of aromatic nitrogens is 4. The van der Waals surface area contributed by atoms with Gasteiger partial charge in [0, 0.05) is 27.6 Å². The van der Waals surface area contributed by atoms with Gasteiger partial charge in [0.2, 0.25) is 5.95 Å². The molecule has 0 bridgehead atoms. The van der Waals surface area contributed by atoms with E-state index in [2.05, 4.69) is 185 Å². The Hall–Kier alpha value is -7.63. The highest BCUT2D eigenvalue weighted by Gasteiger charge is 2.47. The van der Waals surface area contributed by atoms with E-state index in [1.54, 1.807) is 0 Å². The molecule has 8 aromatic carbocycles. The number of para-hydroxylation sites is 3. The Morgan fingerprint density at radius 3 is 1.49 bits per heavy atom. The van der Waals surface area contributed by atoms with Crippen molar-refractivity contribution in [2.75, 3.05) is 4.90 Å². The Morgan fingerprint density at radius 2 is 0.877 bits per heavy atom. The Balaban J connectivity index is 1.30. The van der Waals surface area contributed by atoms with E-state index in [1.807, 2.05) is 36.4 Å². The zero-order valence-corrected chi connectivity index (χ0v) is 30.9. The molecular formula is C52H35N5. The van der Waals surface area contributed by atoms with Gasteiger partial charge >= 0.3 is 0 Å². The van der Waals surface area contributed by atoms with E-state index in [0.29, 0.717) is 17.6 Å². The number of anilines is 3. The minimum Gasteiger partial charge on any atom is -0.310 e. The second-order valence-corrected chi connectivity index (χ2v) is 14.4. The number of hydrogen-bond donors (Lipinski definition) is 0. The van der Waals surface area contributed by atoms with Crippen LogP contribution >= 0.6 is 0 Å². The van der Waals surface area contributed by atoms with E-state index in [1.165, 1.54) is 22.3 Å². The molecular weight excluding hydrogens is 695 g/mol. The number of rotatable bonds is 6. The largest absolute Gasteiger partial charge is 0.310 e. The molecule has 5 heteroatoms. The molecule has 0 amide bonds. The van der Waals surface area contributed by atoms with Gasteiger partial charge in [-0.3, -0.25) is 4.57 Å². The van der Waals surface area contributed by atoms with Crippen LogP contribution in [0.5, 0.6) is 0 Å². The van der Waals surface area contributed by atoms with Crippen molar-refractivity contribution in [3.05, 3.63) is 235 Å². The first-order valence-electron chi connectivity index (χ1n) is 19.3. The minimum absolute atomic E-state index is 0.565. The maximum absolute atomic E-state index is 5.27. The molecule has 11 rings (SSSR count). The zero-order chi connectivity index (χ0) is 37.8. The van der Waals surface area contributed by atoms with E-state index in [9.17, 15) is 0 Å². The van der Waals surface area contributed by atoms with Crippen LogP contribution in [0.25, 0.3) is 50.5 Å². The highest BCUT2D eigenvalue weighted by Crippen LogP contribution is 2.58. The van der Waals surface area contributed by atoms with E-state index >= 15 is 0 Å². The molecule has 0 spiro atoms. The maximum Gasteiger partial charge on any atom is 0.238 e. The zero-order valence-electron chi connectivity index (χ0n) is 30.9. The van der Waals surface area contributed by atoms with Crippen molar-refractivity contribution < 1.29 is 0 Å². The van der Waals surface area contributed by atoms with Gasteiger partial charge in [-0.1, -0.05) is 176 Å². The van der Waals surface area contributed by atoms with Crippen LogP contribution in [0.15, 0.2) is 212 Å². The van der Waals surface area contributed by atoms with E-state index in [4.69, 9.17) is 15.0 Å². The molecule has 1 aliphatic rings. The van der Waals surface area contributed by atoms with Crippen LogP contribution in [-0.2, 0) is 5.41 Å². The van der Waals surface area contributed by atoms with Gasteiger partial charge in [-0.15, -0.1) is 0 Å². The molecule has 5 nitrogen and oxygen atoms in total. The highest BCUT2D eigenvalue weighted by atomic mass is 15.2. The third-order valence-corrected chi connectivity index (χ3v) is 11.3. The summed E-state index contributed by atoms with van der Waals surface area (Å²) in [6, 6.07) is 75.3. The summed E-state index contributed by atoms with van der Waals surface area (Å²) in [6.07, 6.45) is 0. The third-order valence-electron chi connectivity index (χ3n) is 11.3. The fraction of sp³-hybridized carbons (Fsp3) is 0.0192. The molecule has 268 valence electrons. The quantitative estimate of drug-likeness (QED) is 0.171. The highest BCUT2D eigenvalue weighted by molar-refractivity contribution is 6.12. The monoisotopic (exact) mass is 729 g/mol. The molecule has 2 aromatic heterocycles. The lowest BCUT2D eigenvalue weighted by Gasteiger charge is -2.46. The molecule has 0 aliphatic carbocycles. The average Bonchev–Trinajstić information content (AvgIpc) is 3.62. The molecule has 0 fully saturated rings. The van der Waals surface area contributed by atoms with Gasteiger partial charge in [-0.05, 0) is 58.7 Å². The van der Waals surface area contributed by atoms with Gasteiger partial charge in [0.05, 0.1) is 27.8 Å². The van der Waals surface area contributed by atoms with Crippen LogP contribution in [0.2, 0.25) is 0 Å². The second-order valence-electron chi connectivity index (χ2n) is 14.4. The predicted octanol–water partition coefficient (Wildman–Crippen LogP) is 12.5. The van der Waals surface area contributed by atoms with Crippen LogP contribution in [-0.4, -0.2) is 19.5 Å². The minimum atomic E-state index is -0.668. The molecule has 1 aliphatic heterocycles. The van der Waals surface area contributed by atoms with Crippen molar-refractivity contribution in [2.45, 2.75) is 5.41 Å². The van der Waals surface area contributed by atoms with Crippen LogP contribution in [0.1, 0.15) is 22.3 Å². The van der Waals surface area contributed by atoms with Gasteiger partial charge in [0.15, 0.2) is 11.6 Å². The molecule has 0 atom stereocenters. The van der Waals surface area contributed by atoms with Gasteiger partial charge in [-0.2, -0.15) is 9.97 Å². The number of hydrogen-bond acceptors (Lipinski definition) is 4. The van der Waals surface area contributed by atoms with Gasteiger partial charge in [-0.25, -0.2) is 4.98 Å². The summed E-state index contributed by atoms with van der Waals surface area (Å²) in [5.74, 6) is 1.81. The third kappa shape index (κ3) is 5.13. The Bertz CT molecular complexity index is 2960.